The predicted molar refractivity (Wildman–Crippen MR) is 133 cm³/mol. The van der Waals surface area contributed by atoms with Gasteiger partial charge < -0.3 is 15.1 Å². The van der Waals surface area contributed by atoms with Crippen LogP contribution in [0.2, 0.25) is 5.02 Å². The standard InChI is InChI=1S/C22H32ClN5O.HI/c1-16(21(29)27-8-3-4-9-27)26-10-12-28(13-11-26)22(24-2)25-20-15-19(20)17-6-5-7-18(23)14-17;/h5-7,14,16,19-20H,3-4,8-13,15H2,1-2H3,(H,24,25);1H. The van der Waals surface area contributed by atoms with E-state index in [9.17, 15) is 4.79 Å². The van der Waals surface area contributed by atoms with E-state index in [1.807, 2.05) is 24.1 Å². The summed E-state index contributed by atoms with van der Waals surface area (Å²) in [5.41, 5.74) is 1.30. The third-order valence-electron chi connectivity index (χ3n) is 6.53. The average Bonchev–Trinajstić information content (AvgIpc) is 3.30. The number of carbonyl (C=O) groups is 1. The molecule has 2 aliphatic heterocycles. The van der Waals surface area contributed by atoms with Gasteiger partial charge in [-0.15, -0.1) is 24.0 Å². The van der Waals surface area contributed by atoms with Gasteiger partial charge in [-0.2, -0.15) is 0 Å². The van der Waals surface area contributed by atoms with Crippen LogP contribution in [-0.2, 0) is 4.79 Å². The fourth-order valence-electron chi connectivity index (χ4n) is 4.60. The van der Waals surface area contributed by atoms with E-state index in [0.29, 0.717) is 17.9 Å². The maximum atomic E-state index is 12.7. The second-order valence-corrected chi connectivity index (χ2v) is 8.86. The Kier molecular flexibility index (Phi) is 8.26. The highest BCUT2D eigenvalue weighted by molar-refractivity contribution is 14.0. The monoisotopic (exact) mass is 545 g/mol. The van der Waals surface area contributed by atoms with Gasteiger partial charge in [0.1, 0.15) is 0 Å². The van der Waals surface area contributed by atoms with E-state index in [0.717, 1.165) is 69.5 Å². The topological polar surface area (TPSA) is 51.2 Å². The third-order valence-corrected chi connectivity index (χ3v) is 6.77. The van der Waals surface area contributed by atoms with Crippen LogP contribution in [0.5, 0.6) is 0 Å². The molecule has 1 amide bonds. The number of guanidine groups is 1. The highest BCUT2D eigenvalue weighted by Crippen LogP contribution is 2.41. The molecule has 6 nitrogen and oxygen atoms in total. The van der Waals surface area contributed by atoms with Gasteiger partial charge in [0.05, 0.1) is 6.04 Å². The molecule has 0 bridgehead atoms. The average molecular weight is 546 g/mol. The smallest absolute Gasteiger partial charge is 0.239 e. The van der Waals surface area contributed by atoms with E-state index in [1.54, 1.807) is 0 Å². The van der Waals surface area contributed by atoms with Gasteiger partial charge in [-0.25, -0.2) is 0 Å². The van der Waals surface area contributed by atoms with E-state index >= 15 is 0 Å². The Morgan fingerprint density at radius 3 is 2.47 bits per heavy atom. The molecule has 1 aromatic rings. The summed E-state index contributed by atoms with van der Waals surface area (Å²) >= 11 is 6.14. The Labute approximate surface area is 202 Å². The number of nitrogens with zero attached hydrogens (tertiary/aromatic N) is 4. The van der Waals surface area contributed by atoms with Crippen molar-refractivity contribution in [1.29, 1.82) is 0 Å². The Morgan fingerprint density at radius 2 is 1.83 bits per heavy atom. The molecule has 1 aliphatic carbocycles. The van der Waals surface area contributed by atoms with Gasteiger partial charge >= 0.3 is 0 Å². The minimum Gasteiger partial charge on any atom is -0.353 e. The zero-order valence-corrected chi connectivity index (χ0v) is 21.0. The van der Waals surface area contributed by atoms with Crippen LogP contribution in [0.25, 0.3) is 0 Å². The molecule has 1 aromatic carbocycles. The SMILES string of the molecule is CN=C(NC1CC1c1cccc(Cl)c1)N1CCN(C(C)C(=O)N2CCCC2)CC1.I. The van der Waals surface area contributed by atoms with Gasteiger partial charge in [0, 0.05) is 63.3 Å². The summed E-state index contributed by atoms with van der Waals surface area (Å²) in [6.45, 7) is 7.48. The molecule has 0 aromatic heterocycles. The summed E-state index contributed by atoms with van der Waals surface area (Å²) in [6, 6.07) is 8.55. The van der Waals surface area contributed by atoms with Crippen molar-refractivity contribution in [2.24, 2.45) is 4.99 Å². The first-order valence-electron chi connectivity index (χ1n) is 10.8. The van der Waals surface area contributed by atoms with Gasteiger partial charge in [-0.1, -0.05) is 23.7 Å². The quantitative estimate of drug-likeness (QED) is 0.359. The van der Waals surface area contributed by atoms with Crippen LogP contribution >= 0.6 is 35.6 Å². The zero-order valence-electron chi connectivity index (χ0n) is 17.9. The summed E-state index contributed by atoms with van der Waals surface area (Å²) in [5, 5.41) is 4.43. The van der Waals surface area contributed by atoms with Gasteiger partial charge in [0.25, 0.3) is 0 Å². The molecule has 0 radical (unpaired) electrons. The highest BCUT2D eigenvalue weighted by atomic mass is 127. The maximum Gasteiger partial charge on any atom is 0.239 e. The number of benzene rings is 1. The van der Waals surface area contributed by atoms with Crippen LogP contribution in [0.15, 0.2) is 29.3 Å². The first-order chi connectivity index (χ1) is 14.1. The normalized spacial score (nSPS) is 25.6. The van der Waals surface area contributed by atoms with Crippen molar-refractivity contribution in [1.82, 2.24) is 20.0 Å². The highest BCUT2D eigenvalue weighted by Gasteiger charge is 2.40. The van der Waals surface area contributed by atoms with Crippen molar-refractivity contribution in [3.63, 3.8) is 0 Å². The summed E-state index contributed by atoms with van der Waals surface area (Å²) in [7, 11) is 1.85. The maximum absolute atomic E-state index is 12.7. The second kappa shape index (κ2) is 10.5. The predicted octanol–water partition coefficient (Wildman–Crippen LogP) is 3.02. The van der Waals surface area contributed by atoms with Crippen molar-refractivity contribution in [3.05, 3.63) is 34.9 Å². The number of nitrogens with one attached hydrogen (secondary N) is 1. The third kappa shape index (κ3) is 5.40. The van der Waals surface area contributed by atoms with Crippen molar-refractivity contribution in [2.45, 2.75) is 44.2 Å². The number of halogens is 2. The van der Waals surface area contributed by atoms with Crippen LogP contribution < -0.4 is 5.32 Å². The molecule has 3 unspecified atom stereocenters. The molecular formula is C22H33ClIN5O. The molecular weight excluding hydrogens is 513 g/mol. The van der Waals surface area contributed by atoms with Crippen molar-refractivity contribution in [2.75, 3.05) is 46.3 Å². The molecule has 1 N–H and O–H groups in total. The van der Waals surface area contributed by atoms with Crippen molar-refractivity contribution < 1.29 is 4.79 Å². The first kappa shape index (κ1) is 23.6. The number of piperazine rings is 1. The second-order valence-electron chi connectivity index (χ2n) is 8.43. The fraction of sp³-hybridized carbons (Fsp3) is 0.636. The summed E-state index contributed by atoms with van der Waals surface area (Å²) in [6.07, 6.45) is 3.40. The Balaban J connectivity index is 0.00000256. The number of likely N-dealkylation sites (tertiary alicyclic amines) is 1. The minimum absolute atomic E-state index is 0. The first-order valence-corrected chi connectivity index (χ1v) is 11.2. The van der Waals surface area contributed by atoms with Crippen LogP contribution in [0.3, 0.4) is 0 Å². The molecule has 2 heterocycles. The lowest BCUT2D eigenvalue weighted by Crippen LogP contribution is -2.57. The van der Waals surface area contributed by atoms with Crippen LogP contribution in [-0.4, -0.2) is 85.0 Å². The van der Waals surface area contributed by atoms with E-state index in [2.05, 4.69) is 39.2 Å². The van der Waals surface area contributed by atoms with E-state index in [4.69, 9.17) is 11.6 Å². The molecule has 3 fully saturated rings. The lowest BCUT2D eigenvalue weighted by atomic mass is 10.1. The number of aliphatic imine (C=N–C) groups is 1. The largest absolute Gasteiger partial charge is 0.353 e. The van der Waals surface area contributed by atoms with Crippen molar-refractivity contribution >= 4 is 47.4 Å². The zero-order chi connectivity index (χ0) is 20.4. The van der Waals surface area contributed by atoms with Gasteiger partial charge in [0.15, 0.2) is 5.96 Å². The van der Waals surface area contributed by atoms with Crippen LogP contribution in [0.1, 0.15) is 37.7 Å². The van der Waals surface area contributed by atoms with E-state index < -0.39 is 0 Å². The van der Waals surface area contributed by atoms with Gasteiger partial charge in [-0.05, 0) is 43.9 Å². The molecule has 0 spiro atoms. The molecule has 3 atom stereocenters. The number of amides is 1. The molecule has 3 aliphatic rings. The Morgan fingerprint density at radius 1 is 1.13 bits per heavy atom. The van der Waals surface area contributed by atoms with Crippen LogP contribution in [0.4, 0.5) is 0 Å². The number of hydrogen-bond acceptors (Lipinski definition) is 3. The van der Waals surface area contributed by atoms with Crippen molar-refractivity contribution in [3.8, 4) is 0 Å². The van der Waals surface area contributed by atoms with E-state index in [-0.39, 0.29) is 30.0 Å². The molecule has 30 heavy (non-hydrogen) atoms. The Bertz CT molecular complexity index is 762. The summed E-state index contributed by atoms with van der Waals surface area (Å²) in [5.74, 6) is 1.77. The Hall–Kier alpha value is -1.06. The summed E-state index contributed by atoms with van der Waals surface area (Å²) < 4.78 is 0. The van der Waals surface area contributed by atoms with E-state index in [1.165, 1.54) is 5.56 Å². The van der Waals surface area contributed by atoms with Gasteiger partial charge in [0.2, 0.25) is 5.91 Å². The lowest BCUT2D eigenvalue weighted by Gasteiger charge is -2.39. The summed E-state index contributed by atoms with van der Waals surface area (Å²) in [4.78, 5) is 23.9. The number of hydrogen-bond donors (Lipinski definition) is 1. The molecule has 4 rings (SSSR count). The molecule has 1 saturated carbocycles. The molecule has 166 valence electrons. The fourth-order valence-corrected chi connectivity index (χ4v) is 4.80. The van der Waals surface area contributed by atoms with Crippen LogP contribution in [0, 0.1) is 0 Å². The molecule has 8 heteroatoms. The minimum atomic E-state index is -0.0270. The molecule has 2 saturated heterocycles. The number of rotatable bonds is 4. The lowest BCUT2D eigenvalue weighted by molar-refractivity contribution is -0.135. The van der Waals surface area contributed by atoms with Gasteiger partial charge in [-0.3, -0.25) is 14.7 Å². The number of carbonyl (C=O) groups excluding carboxylic acids is 1.